The smallest absolute Gasteiger partial charge is 0.228 e. The third-order valence-electron chi connectivity index (χ3n) is 3.67. The largest absolute Gasteiger partial charge is 0.352 e. The summed E-state index contributed by atoms with van der Waals surface area (Å²) in [4.78, 5) is 13.1. The fraction of sp³-hybridized carbons (Fsp3) is 0.600. The van der Waals surface area contributed by atoms with Gasteiger partial charge in [0.25, 0.3) is 0 Å². The summed E-state index contributed by atoms with van der Waals surface area (Å²) in [7, 11) is 0. The van der Waals surface area contributed by atoms with Gasteiger partial charge in [0.05, 0.1) is 5.56 Å². The lowest BCUT2D eigenvalue weighted by atomic mass is 9.96. The highest BCUT2D eigenvalue weighted by Crippen LogP contribution is 2.40. The normalized spacial score (nSPS) is 15.4. The van der Waals surface area contributed by atoms with Crippen LogP contribution in [-0.2, 0) is 17.6 Å². The van der Waals surface area contributed by atoms with E-state index < -0.39 is 9.96 Å². The average molecular weight is 395 g/mol. The zero-order chi connectivity index (χ0) is 17.0. The number of thiophene rings is 1. The molecule has 0 spiro atoms. The number of nitrogens with zero attached hydrogens (tertiary/aromatic N) is 1. The van der Waals surface area contributed by atoms with E-state index in [9.17, 15) is 10.1 Å². The number of carbonyl (C=O) groups is 1. The molecular weight excluding hydrogens is 377 g/mol. The van der Waals surface area contributed by atoms with Crippen LogP contribution in [0.4, 0.5) is 5.00 Å². The predicted molar refractivity (Wildman–Crippen MR) is 96.4 cm³/mol. The van der Waals surface area contributed by atoms with Gasteiger partial charge in [-0.3, -0.25) is 4.79 Å². The lowest BCUT2D eigenvalue weighted by molar-refractivity contribution is -0.121. The Morgan fingerprint density at radius 2 is 2.09 bits per heavy atom. The van der Waals surface area contributed by atoms with Gasteiger partial charge in [-0.25, -0.2) is 0 Å². The molecule has 0 aliphatic heterocycles. The monoisotopic (exact) mass is 393 g/mol. The first kappa shape index (κ1) is 18.7. The van der Waals surface area contributed by atoms with Crippen molar-refractivity contribution in [3.63, 3.8) is 0 Å². The van der Waals surface area contributed by atoms with Crippen LogP contribution in [0.15, 0.2) is 0 Å². The number of alkyl halides is 3. The van der Waals surface area contributed by atoms with Crippen LogP contribution in [0.25, 0.3) is 0 Å². The number of nitrogens with one attached hydrogen (secondary N) is 2. The summed E-state index contributed by atoms with van der Waals surface area (Å²) in [6, 6.07) is 2.24. The molecule has 1 aromatic heterocycles. The number of halogens is 3. The molecule has 0 saturated heterocycles. The molecule has 8 heteroatoms. The quantitative estimate of drug-likeness (QED) is 0.570. The van der Waals surface area contributed by atoms with E-state index in [1.807, 2.05) is 6.92 Å². The third-order valence-corrected chi connectivity index (χ3v) is 5.55. The summed E-state index contributed by atoms with van der Waals surface area (Å²) in [5.41, 5.74) is 1.70. The Morgan fingerprint density at radius 3 is 2.70 bits per heavy atom. The van der Waals surface area contributed by atoms with Crippen molar-refractivity contribution in [2.45, 2.75) is 55.4 Å². The molecule has 0 unspecified atom stereocenters. The van der Waals surface area contributed by atoms with Gasteiger partial charge in [-0.2, -0.15) is 5.26 Å². The number of nitriles is 1. The Labute approximate surface area is 155 Å². The van der Waals surface area contributed by atoms with Gasteiger partial charge in [-0.05, 0) is 37.7 Å². The lowest BCUT2D eigenvalue weighted by Gasteiger charge is -2.27. The fourth-order valence-electron chi connectivity index (χ4n) is 2.58. The van der Waals surface area contributed by atoms with Crippen molar-refractivity contribution < 1.29 is 4.79 Å². The van der Waals surface area contributed by atoms with Crippen LogP contribution in [-0.4, -0.2) is 15.9 Å². The van der Waals surface area contributed by atoms with Crippen LogP contribution in [0, 0.1) is 11.3 Å². The van der Waals surface area contributed by atoms with E-state index in [4.69, 9.17) is 34.8 Å². The van der Waals surface area contributed by atoms with Crippen LogP contribution in [0.3, 0.4) is 0 Å². The topological polar surface area (TPSA) is 64.9 Å². The Balaban J connectivity index is 2.24. The second-order valence-electron chi connectivity index (χ2n) is 5.46. The zero-order valence-corrected chi connectivity index (χ0v) is 15.8. The summed E-state index contributed by atoms with van der Waals surface area (Å²) >= 11 is 19.5. The molecule has 1 atom stereocenters. The van der Waals surface area contributed by atoms with Gasteiger partial charge in [-0.1, -0.05) is 41.7 Å². The van der Waals surface area contributed by atoms with Crippen LogP contribution < -0.4 is 10.6 Å². The van der Waals surface area contributed by atoms with Crippen molar-refractivity contribution in [1.82, 2.24) is 5.32 Å². The molecule has 1 heterocycles. The SMILES string of the molecule is CCCC(=O)N[C@H](Nc1sc2c(c1C#N)CCCC2)C(Cl)(Cl)Cl. The van der Waals surface area contributed by atoms with Gasteiger partial charge in [0, 0.05) is 11.3 Å². The van der Waals surface area contributed by atoms with Gasteiger partial charge in [0.1, 0.15) is 17.2 Å². The van der Waals surface area contributed by atoms with Crippen LogP contribution in [0.5, 0.6) is 0 Å². The molecule has 126 valence electrons. The van der Waals surface area contributed by atoms with E-state index in [1.54, 1.807) is 0 Å². The molecular formula is C15H18Cl3N3OS. The number of carbonyl (C=O) groups excluding carboxylic acids is 1. The van der Waals surface area contributed by atoms with Crippen molar-refractivity contribution >= 4 is 57.0 Å². The van der Waals surface area contributed by atoms with Gasteiger partial charge in [-0.15, -0.1) is 11.3 Å². The summed E-state index contributed by atoms with van der Waals surface area (Å²) in [5.74, 6) is -0.198. The molecule has 1 aliphatic carbocycles. The number of rotatable bonds is 5. The molecule has 0 saturated carbocycles. The number of hydrogen-bond donors (Lipinski definition) is 2. The van der Waals surface area contributed by atoms with E-state index in [-0.39, 0.29) is 5.91 Å². The second-order valence-corrected chi connectivity index (χ2v) is 8.94. The van der Waals surface area contributed by atoms with E-state index in [1.165, 1.54) is 16.2 Å². The first-order valence-electron chi connectivity index (χ1n) is 7.54. The van der Waals surface area contributed by atoms with E-state index in [2.05, 4.69) is 16.7 Å². The third kappa shape index (κ3) is 4.67. The minimum Gasteiger partial charge on any atom is -0.352 e. The summed E-state index contributed by atoms with van der Waals surface area (Å²) in [6.07, 6.45) is 4.24. The average Bonchev–Trinajstić information content (AvgIpc) is 2.83. The molecule has 2 rings (SSSR count). The molecule has 4 nitrogen and oxygen atoms in total. The van der Waals surface area contributed by atoms with Gasteiger partial charge < -0.3 is 10.6 Å². The number of aryl methyl sites for hydroxylation is 1. The molecule has 1 amide bonds. The van der Waals surface area contributed by atoms with Gasteiger partial charge in [0.2, 0.25) is 9.70 Å². The van der Waals surface area contributed by atoms with Gasteiger partial charge >= 0.3 is 0 Å². The van der Waals surface area contributed by atoms with Crippen molar-refractivity contribution in [2.75, 3.05) is 5.32 Å². The number of anilines is 1. The Hall–Kier alpha value is -0.670. The first-order valence-corrected chi connectivity index (χ1v) is 9.49. The summed E-state index contributed by atoms with van der Waals surface area (Å²) in [5, 5.41) is 15.9. The molecule has 0 fully saturated rings. The maximum atomic E-state index is 11.9. The maximum absolute atomic E-state index is 11.9. The first-order chi connectivity index (χ1) is 10.9. The highest BCUT2D eigenvalue weighted by atomic mass is 35.6. The van der Waals surface area contributed by atoms with E-state index in [0.717, 1.165) is 31.2 Å². The predicted octanol–water partition coefficient (Wildman–Crippen LogP) is 4.52. The molecule has 1 aromatic rings. The number of fused-ring (bicyclic) bond motifs is 1. The van der Waals surface area contributed by atoms with Crippen LogP contribution in [0.1, 0.15) is 48.6 Å². The number of hydrogen-bond acceptors (Lipinski definition) is 4. The van der Waals surface area contributed by atoms with Crippen LogP contribution in [0.2, 0.25) is 0 Å². The molecule has 0 aromatic carbocycles. The molecule has 23 heavy (non-hydrogen) atoms. The minimum atomic E-state index is -1.72. The Morgan fingerprint density at radius 1 is 1.39 bits per heavy atom. The highest BCUT2D eigenvalue weighted by Gasteiger charge is 2.35. The maximum Gasteiger partial charge on any atom is 0.228 e. The highest BCUT2D eigenvalue weighted by molar-refractivity contribution is 7.16. The Kier molecular flexibility index (Phi) is 6.44. The fourth-order valence-corrected chi connectivity index (χ4v) is 4.17. The van der Waals surface area contributed by atoms with Crippen molar-refractivity contribution in [1.29, 1.82) is 5.26 Å². The minimum absolute atomic E-state index is 0.198. The van der Waals surface area contributed by atoms with E-state index >= 15 is 0 Å². The molecule has 0 bridgehead atoms. The van der Waals surface area contributed by atoms with Gasteiger partial charge in [0.15, 0.2) is 0 Å². The van der Waals surface area contributed by atoms with Crippen molar-refractivity contribution in [3.8, 4) is 6.07 Å². The zero-order valence-electron chi connectivity index (χ0n) is 12.7. The lowest BCUT2D eigenvalue weighted by Crippen LogP contribution is -2.49. The number of amides is 1. The van der Waals surface area contributed by atoms with Crippen LogP contribution >= 0.6 is 46.1 Å². The second kappa shape index (κ2) is 7.94. The van der Waals surface area contributed by atoms with E-state index in [0.29, 0.717) is 23.4 Å². The Bertz CT molecular complexity index is 619. The van der Waals surface area contributed by atoms with Crippen molar-refractivity contribution in [3.05, 3.63) is 16.0 Å². The summed E-state index contributed by atoms with van der Waals surface area (Å²) in [6.45, 7) is 1.90. The van der Waals surface area contributed by atoms with Crippen molar-refractivity contribution in [2.24, 2.45) is 0 Å². The summed E-state index contributed by atoms with van der Waals surface area (Å²) < 4.78 is -1.72. The molecule has 0 radical (unpaired) electrons. The molecule has 1 aliphatic rings. The standard InChI is InChI=1S/C15H18Cl3N3OS/c1-2-5-12(22)20-14(15(16,17)18)21-13-10(8-19)9-6-3-4-7-11(9)23-13/h14,21H,2-7H2,1H3,(H,20,22)/t14-/m1/s1. The molecule has 2 N–H and O–H groups in total.